The minimum absolute atomic E-state index is 0.109. The second kappa shape index (κ2) is 8.57. The number of amides is 3. The summed E-state index contributed by atoms with van der Waals surface area (Å²) in [6.07, 6.45) is 1.27. The molecule has 3 amide bonds. The molecule has 7 heteroatoms. The number of rotatable bonds is 8. The van der Waals surface area contributed by atoms with Crippen molar-refractivity contribution in [3.8, 4) is 0 Å². The van der Waals surface area contributed by atoms with Crippen LogP contribution in [0.1, 0.15) is 35.2 Å². The Morgan fingerprint density at radius 2 is 1.71 bits per heavy atom. The van der Waals surface area contributed by atoms with Crippen LogP contribution in [0.2, 0.25) is 0 Å². The summed E-state index contributed by atoms with van der Waals surface area (Å²) in [6, 6.07) is 6.18. The van der Waals surface area contributed by atoms with Gasteiger partial charge in [0.05, 0.1) is 0 Å². The molecular weight excluding hydrogens is 274 g/mol. The van der Waals surface area contributed by atoms with Gasteiger partial charge >= 0.3 is 12.0 Å². The maximum Gasteiger partial charge on any atom is 0.312 e. The van der Waals surface area contributed by atoms with Crippen molar-refractivity contribution in [2.45, 2.75) is 25.8 Å². The molecule has 1 aromatic rings. The highest BCUT2D eigenvalue weighted by Crippen LogP contribution is 2.04. The number of aliphatic carboxylic acids is 1. The van der Waals surface area contributed by atoms with Gasteiger partial charge in [0.25, 0.3) is 5.91 Å². The van der Waals surface area contributed by atoms with Crippen LogP contribution in [0, 0.1) is 0 Å². The molecule has 0 aliphatic rings. The van der Waals surface area contributed by atoms with E-state index in [-0.39, 0.29) is 12.3 Å². The molecular formula is C14H19N3O4. The van der Waals surface area contributed by atoms with Crippen molar-refractivity contribution in [3.05, 3.63) is 35.4 Å². The first-order chi connectivity index (χ1) is 9.99. The Kier molecular flexibility index (Phi) is 6.73. The molecule has 0 heterocycles. The SMILES string of the molecule is NC(=O)NCc1ccc(C(=O)NCCCCC(=O)O)cc1. The van der Waals surface area contributed by atoms with E-state index in [1.54, 1.807) is 24.3 Å². The van der Waals surface area contributed by atoms with Gasteiger partial charge in [-0.15, -0.1) is 0 Å². The van der Waals surface area contributed by atoms with E-state index >= 15 is 0 Å². The van der Waals surface area contributed by atoms with Crippen molar-refractivity contribution in [3.63, 3.8) is 0 Å². The van der Waals surface area contributed by atoms with Gasteiger partial charge in [0.2, 0.25) is 0 Å². The minimum atomic E-state index is -0.832. The summed E-state index contributed by atoms with van der Waals surface area (Å²) in [7, 11) is 0. The van der Waals surface area contributed by atoms with E-state index in [2.05, 4.69) is 10.6 Å². The van der Waals surface area contributed by atoms with Crippen molar-refractivity contribution in [1.82, 2.24) is 10.6 Å². The quantitative estimate of drug-likeness (QED) is 0.530. The highest BCUT2D eigenvalue weighted by atomic mass is 16.4. The summed E-state index contributed by atoms with van der Waals surface area (Å²) in [5.74, 6) is -1.04. The standard InChI is InChI=1S/C14H19N3O4/c15-14(21)17-9-10-4-6-11(7-5-10)13(20)16-8-2-1-3-12(18)19/h4-7H,1-3,8-9H2,(H,16,20)(H,18,19)(H3,15,17,21). The summed E-state index contributed by atoms with van der Waals surface area (Å²) in [6.45, 7) is 0.753. The van der Waals surface area contributed by atoms with Gasteiger partial charge in [0.15, 0.2) is 0 Å². The number of hydrogen-bond acceptors (Lipinski definition) is 3. The predicted molar refractivity (Wildman–Crippen MR) is 76.7 cm³/mol. The highest BCUT2D eigenvalue weighted by Gasteiger charge is 2.05. The zero-order chi connectivity index (χ0) is 15.7. The molecule has 1 rings (SSSR count). The van der Waals surface area contributed by atoms with Crippen LogP contribution in [0.15, 0.2) is 24.3 Å². The van der Waals surface area contributed by atoms with E-state index in [9.17, 15) is 14.4 Å². The zero-order valence-corrected chi connectivity index (χ0v) is 11.6. The van der Waals surface area contributed by atoms with Gasteiger partial charge in [0, 0.05) is 25.1 Å². The van der Waals surface area contributed by atoms with E-state index in [4.69, 9.17) is 10.8 Å². The van der Waals surface area contributed by atoms with Gasteiger partial charge in [-0.2, -0.15) is 0 Å². The number of hydrogen-bond donors (Lipinski definition) is 4. The molecule has 5 N–H and O–H groups in total. The number of nitrogens with two attached hydrogens (primary N) is 1. The lowest BCUT2D eigenvalue weighted by Crippen LogP contribution is -2.28. The van der Waals surface area contributed by atoms with Crippen LogP contribution >= 0.6 is 0 Å². The Labute approximate surface area is 122 Å². The van der Waals surface area contributed by atoms with Crippen molar-refractivity contribution >= 4 is 17.9 Å². The summed E-state index contributed by atoms with van der Waals surface area (Å²) < 4.78 is 0. The van der Waals surface area contributed by atoms with Gasteiger partial charge in [0.1, 0.15) is 0 Å². The van der Waals surface area contributed by atoms with Gasteiger partial charge in [-0.25, -0.2) is 4.79 Å². The second-order valence-corrected chi connectivity index (χ2v) is 4.52. The third-order valence-electron chi connectivity index (χ3n) is 2.79. The van der Waals surface area contributed by atoms with Crippen molar-refractivity contribution in [1.29, 1.82) is 0 Å². The fourth-order valence-electron chi connectivity index (χ4n) is 1.67. The number of primary amides is 1. The van der Waals surface area contributed by atoms with E-state index in [0.29, 0.717) is 31.5 Å². The molecule has 0 radical (unpaired) electrons. The first-order valence-electron chi connectivity index (χ1n) is 6.61. The Bertz CT molecular complexity index is 499. The first-order valence-corrected chi connectivity index (χ1v) is 6.61. The number of benzene rings is 1. The summed E-state index contributed by atoms with van der Waals surface area (Å²) >= 11 is 0. The lowest BCUT2D eigenvalue weighted by Gasteiger charge is -2.06. The molecule has 21 heavy (non-hydrogen) atoms. The number of nitrogens with one attached hydrogen (secondary N) is 2. The molecule has 0 saturated heterocycles. The molecule has 0 bridgehead atoms. The smallest absolute Gasteiger partial charge is 0.312 e. The molecule has 0 unspecified atom stereocenters. The van der Waals surface area contributed by atoms with E-state index in [1.807, 2.05) is 0 Å². The number of unbranched alkanes of at least 4 members (excludes halogenated alkanes) is 1. The molecule has 0 saturated carbocycles. The maximum absolute atomic E-state index is 11.8. The monoisotopic (exact) mass is 293 g/mol. The van der Waals surface area contributed by atoms with Crippen LogP contribution in [-0.2, 0) is 11.3 Å². The number of carboxylic acids is 1. The lowest BCUT2D eigenvalue weighted by atomic mass is 10.1. The third kappa shape index (κ3) is 6.95. The average Bonchev–Trinajstić information content (AvgIpc) is 2.44. The normalized spacial score (nSPS) is 9.90. The Morgan fingerprint density at radius 1 is 1.05 bits per heavy atom. The van der Waals surface area contributed by atoms with Crippen LogP contribution in [0.4, 0.5) is 4.79 Å². The van der Waals surface area contributed by atoms with Gasteiger partial charge < -0.3 is 21.5 Å². The fraction of sp³-hybridized carbons (Fsp3) is 0.357. The molecule has 0 spiro atoms. The fourth-order valence-corrected chi connectivity index (χ4v) is 1.67. The Hall–Kier alpha value is -2.57. The predicted octanol–water partition coefficient (Wildman–Crippen LogP) is 0.840. The average molecular weight is 293 g/mol. The van der Waals surface area contributed by atoms with Crippen LogP contribution < -0.4 is 16.4 Å². The van der Waals surface area contributed by atoms with E-state index < -0.39 is 12.0 Å². The molecule has 0 atom stereocenters. The molecule has 0 aliphatic carbocycles. The zero-order valence-electron chi connectivity index (χ0n) is 11.6. The first kappa shape index (κ1) is 16.5. The topological polar surface area (TPSA) is 122 Å². The summed E-state index contributed by atoms with van der Waals surface area (Å²) in [5, 5.41) is 13.7. The van der Waals surface area contributed by atoms with Crippen LogP contribution in [0.3, 0.4) is 0 Å². The third-order valence-corrected chi connectivity index (χ3v) is 2.79. The van der Waals surface area contributed by atoms with Gasteiger partial charge in [-0.1, -0.05) is 12.1 Å². The molecule has 114 valence electrons. The Balaban J connectivity index is 2.34. The van der Waals surface area contributed by atoms with E-state index in [1.165, 1.54) is 0 Å². The van der Waals surface area contributed by atoms with Crippen molar-refractivity contribution in [2.75, 3.05) is 6.54 Å². The number of urea groups is 1. The van der Waals surface area contributed by atoms with Crippen molar-refractivity contribution in [2.24, 2.45) is 5.73 Å². The van der Waals surface area contributed by atoms with Crippen LogP contribution in [0.5, 0.6) is 0 Å². The largest absolute Gasteiger partial charge is 0.481 e. The molecule has 0 fully saturated rings. The molecule has 7 nitrogen and oxygen atoms in total. The summed E-state index contributed by atoms with van der Waals surface area (Å²) in [4.78, 5) is 32.7. The highest BCUT2D eigenvalue weighted by molar-refractivity contribution is 5.94. The number of carbonyl (C=O) groups is 3. The Morgan fingerprint density at radius 3 is 2.29 bits per heavy atom. The minimum Gasteiger partial charge on any atom is -0.481 e. The molecule has 1 aromatic carbocycles. The maximum atomic E-state index is 11.8. The van der Waals surface area contributed by atoms with Gasteiger partial charge in [-0.3, -0.25) is 9.59 Å². The van der Waals surface area contributed by atoms with Crippen molar-refractivity contribution < 1.29 is 19.5 Å². The number of carbonyl (C=O) groups excluding carboxylic acids is 2. The molecule has 0 aromatic heterocycles. The summed E-state index contributed by atoms with van der Waals surface area (Å²) in [5.41, 5.74) is 6.32. The van der Waals surface area contributed by atoms with Crippen LogP contribution in [0.25, 0.3) is 0 Å². The van der Waals surface area contributed by atoms with Gasteiger partial charge in [-0.05, 0) is 30.5 Å². The molecule has 0 aliphatic heterocycles. The number of carboxylic acid groups (broad SMARTS) is 1. The van der Waals surface area contributed by atoms with E-state index in [0.717, 1.165) is 5.56 Å². The lowest BCUT2D eigenvalue weighted by molar-refractivity contribution is -0.137. The second-order valence-electron chi connectivity index (χ2n) is 4.52. The van der Waals surface area contributed by atoms with Crippen LogP contribution in [-0.4, -0.2) is 29.6 Å².